The molecule has 0 aromatic heterocycles. The lowest BCUT2D eigenvalue weighted by Crippen LogP contribution is -2.44. The van der Waals surface area contributed by atoms with E-state index in [2.05, 4.69) is 23.8 Å². The quantitative estimate of drug-likeness (QED) is 0.150. The first-order valence-electron chi connectivity index (χ1n) is 13.4. The highest BCUT2D eigenvalue weighted by Gasteiger charge is 2.32. The molecular formula is C28H42N4O5S. The lowest BCUT2D eigenvalue weighted by Gasteiger charge is -2.33. The standard InChI is InChI=1S/C28H42N4O5S/c1-4-5-6-7-8-9-10-21-19-24(28(33)30-34)27(38(35,36)23-13-11-22(37-3)12-14-23)25(26(21)29)20-32-17-15-31(2)16-18-32/h11-14,19,34H,4-10,15-18,20,29H2,1-3H3,(H,30,33). The van der Waals surface area contributed by atoms with Crippen LogP contribution in [-0.4, -0.2) is 69.7 Å². The number of nitrogens with one attached hydrogen (secondary N) is 1. The molecule has 0 radical (unpaired) electrons. The lowest BCUT2D eigenvalue weighted by atomic mass is 9.96. The number of nitrogens with two attached hydrogens (primary N) is 1. The first kappa shape index (κ1) is 29.9. The number of hydrogen-bond acceptors (Lipinski definition) is 8. The summed E-state index contributed by atoms with van der Waals surface area (Å²) in [6.07, 6.45) is 7.21. The van der Waals surface area contributed by atoms with Crippen LogP contribution in [0.1, 0.15) is 66.9 Å². The normalized spacial score (nSPS) is 14.9. The summed E-state index contributed by atoms with van der Waals surface area (Å²) in [7, 11) is -0.605. The minimum atomic E-state index is -4.16. The number of hydrogen-bond donors (Lipinski definition) is 3. The predicted molar refractivity (Wildman–Crippen MR) is 148 cm³/mol. The smallest absolute Gasteiger partial charge is 0.275 e. The summed E-state index contributed by atoms with van der Waals surface area (Å²) < 4.78 is 33.2. The highest BCUT2D eigenvalue weighted by atomic mass is 32.2. The number of carbonyl (C=O) groups is 1. The van der Waals surface area contributed by atoms with Gasteiger partial charge in [-0.15, -0.1) is 0 Å². The summed E-state index contributed by atoms with van der Waals surface area (Å²) in [6, 6.07) is 7.57. The first-order chi connectivity index (χ1) is 18.2. The number of piperazine rings is 1. The SMILES string of the molecule is CCCCCCCCc1cc(C(=O)NO)c(S(=O)(=O)c2ccc(OC)cc2)c(CN2CCN(C)CC2)c1N. The summed E-state index contributed by atoms with van der Waals surface area (Å²) in [5, 5.41) is 9.56. The number of rotatable bonds is 13. The molecule has 0 bridgehead atoms. The van der Waals surface area contributed by atoms with Gasteiger partial charge in [0.15, 0.2) is 0 Å². The highest BCUT2D eigenvalue weighted by Crippen LogP contribution is 2.36. The summed E-state index contributed by atoms with van der Waals surface area (Å²) in [4.78, 5) is 17.1. The molecule has 9 nitrogen and oxygen atoms in total. The minimum Gasteiger partial charge on any atom is -0.497 e. The lowest BCUT2D eigenvalue weighted by molar-refractivity contribution is 0.0702. The molecule has 0 aliphatic carbocycles. The molecule has 210 valence electrons. The molecule has 2 aromatic carbocycles. The van der Waals surface area contributed by atoms with Crippen LogP contribution in [0.5, 0.6) is 5.75 Å². The average molecular weight is 547 g/mol. The van der Waals surface area contributed by atoms with Gasteiger partial charge in [-0.1, -0.05) is 39.0 Å². The van der Waals surface area contributed by atoms with Crippen molar-refractivity contribution in [2.24, 2.45) is 0 Å². The van der Waals surface area contributed by atoms with Gasteiger partial charge >= 0.3 is 0 Å². The predicted octanol–water partition coefficient (Wildman–Crippen LogP) is 3.88. The molecule has 1 amide bonds. The Hall–Kier alpha value is -2.66. The third-order valence-corrected chi connectivity index (χ3v) is 9.17. The number of benzene rings is 2. The summed E-state index contributed by atoms with van der Waals surface area (Å²) in [5.41, 5.74) is 9.81. The molecule has 1 saturated heterocycles. The van der Waals surface area contributed by atoms with Gasteiger partial charge in [0.1, 0.15) is 5.75 Å². The number of amides is 1. The second-order valence-corrected chi connectivity index (χ2v) is 11.9. The maximum absolute atomic E-state index is 14.0. The summed E-state index contributed by atoms with van der Waals surface area (Å²) in [6.45, 7) is 5.67. The van der Waals surface area contributed by atoms with Gasteiger partial charge in [0.25, 0.3) is 5.91 Å². The van der Waals surface area contributed by atoms with Gasteiger partial charge in [-0.25, -0.2) is 13.9 Å². The molecule has 0 saturated carbocycles. The number of nitrogen functional groups attached to an aromatic ring is 1. The maximum atomic E-state index is 14.0. The van der Waals surface area contributed by atoms with Crippen LogP contribution in [0.4, 0.5) is 5.69 Å². The molecule has 0 unspecified atom stereocenters. The van der Waals surface area contributed by atoms with Crippen molar-refractivity contribution in [3.8, 4) is 5.75 Å². The topological polar surface area (TPSA) is 125 Å². The van der Waals surface area contributed by atoms with Crippen molar-refractivity contribution in [1.82, 2.24) is 15.3 Å². The van der Waals surface area contributed by atoms with Gasteiger partial charge < -0.3 is 15.4 Å². The van der Waals surface area contributed by atoms with Gasteiger partial charge in [0.05, 0.1) is 22.5 Å². The van der Waals surface area contributed by atoms with E-state index >= 15 is 0 Å². The number of anilines is 1. The second kappa shape index (κ2) is 13.9. The minimum absolute atomic E-state index is 0.0213. The number of sulfone groups is 1. The molecule has 4 N–H and O–H groups in total. The van der Waals surface area contributed by atoms with E-state index in [9.17, 15) is 18.4 Å². The van der Waals surface area contributed by atoms with Crippen molar-refractivity contribution in [2.75, 3.05) is 46.1 Å². The van der Waals surface area contributed by atoms with Crippen LogP contribution in [0, 0.1) is 0 Å². The van der Waals surface area contributed by atoms with E-state index in [-0.39, 0.29) is 15.4 Å². The molecule has 38 heavy (non-hydrogen) atoms. The Morgan fingerprint density at radius 1 is 1.05 bits per heavy atom. The summed E-state index contributed by atoms with van der Waals surface area (Å²) >= 11 is 0. The van der Waals surface area contributed by atoms with Gasteiger partial charge in [-0.2, -0.15) is 0 Å². The number of carbonyl (C=O) groups excluding carboxylic acids is 1. The fourth-order valence-electron chi connectivity index (χ4n) is 4.89. The van der Waals surface area contributed by atoms with Crippen molar-refractivity contribution < 1.29 is 23.2 Å². The number of methoxy groups -OCH3 is 1. The molecule has 10 heteroatoms. The Morgan fingerprint density at radius 3 is 2.29 bits per heavy atom. The van der Waals surface area contributed by atoms with Crippen LogP contribution in [0.25, 0.3) is 0 Å². The molecule has 1 aliphatic heterocycles. The van der Waals surface area contributed by atoms with Crippen LogP contribution >= 0.6 is 0 Å². The third kappa shape index (κ3) is 7.25. The van der Waals surface area contributed by atoms with E-state index in [4.69, 9.17) is 10.5 Å². The van der Waals surface area contributed by atoms with Gasteiger partial charge in [-0.3, -0.25) is 14.9 Å². The van der Waals surface area contributed by atoms with Gasteiger partial charge in [0, 0.05) is 44.0 Å². The zero-order valence-electron chi connectivity index (χ0n) is 22.8. The van der Waals surface area contributed by atoms with E-state index in [0.29, 0.717) is 30.0 Å². The number of hydroxylamine groups is 1. The van der Waals surface area contributed by atoms with E-state index in [0.717, 1.165) is 51.0 Å². The fourth-order valence-corrected chi connectivity index (χ4v) is 6.56. The second-order valence-electron chi connectivity index (χ2n) is 10.0. The number of ether oxygens (including phenoxy) is 1. The third-order valence-electron chi connectivity index (χ3n) is 7.27. The van der Waals surface area contributed by atoms with E-state index < -0.39 is 15.7 Å². The average Bonchev–Trinajstić information content (AvgIpc) is 2.92. The van der Waals surface area contributed by atoms with Crippen molar-refractivity contribution in [3.05, 3.63) is 47.0 Å². The monoisotopic (exact) mass is 546 g/mol. The maximum Gasteiger partial charge on any atom is 0.275 e. The number of unbranched alkanes of at least 4 members (excludes halogenated alkanes) is 5. The molecule has 1 aliphatic rings. The van der Waals surface area contributed by atoms with Crippen molar-refractivity contribution in [2.45, 2.75) is 68.2 Å². The van der Waals surface area contributed by atoms with Gasteiger partial charge in [-0.05, 0) is 55.8 Å². The summed E-state index contributed by atoms with van der Waals surface area (Å²) in [5.74, 6) is -0.357. The van der Waals surface area contributed by atoms with Crippen LogP contribution in [0.15, 0.2) is 40.1 Å². The zero-order chi connectivity index (χ0) is 27.7. The van der Waals surface area contributed by atoms with E-state index in [1.54, 1.807) is 17.6 Å². The largest absolute Gasteiger partial charge is 0.497 e. The van der Waals surface area contributed by atoms with Crippen molar-refractivity contribution in [3.63, 3.8) is 0 Å². The van der Waals surface area contributed by atoms with Gasteiger partial charge in [0.2, 0.25) is 9.84 Å². The highest BCUT2D eigenvalue weighted by molar-refractivity contribution is 7.91. The fraction of sp³-hybridized carbons (Fsp3) is 0.536. The van der Waals surface area contributed by atoms with E-state index in [1.807, 2.05) is 0 Å². The Kier molecular flexibility index (Phi) is 11.0. The Bertz CT molecular complexity index is 1180. The van der Waals surface area contributed by atoms with Crippen LogP contribution < -0.4 is 16.0 Å². The molecule has 2 aromatic rings. The van der Waals surface area contributed by atoms with Crippen LogP contribution in [0.2, 0.25) is 0 Å². The molecule has 1 fully saturated rings. The molecule has 0 atom stereocenters. The number of nitrogens with zero attached hydrogens (tertiary/aromatic N) is 2. The van der Waals surface area contributed by atoms with Crippen LogP contribution in [-0.2, 0) is 22.8 Å². The molecule has 3 rings (SSSR count). The van der Waals surface area contributed by atoms with Crippen molar-refractivity contribution >= 4 is 21.4 Å². The first-order valence-corrected chi connectivity index (χ1v) is 14.9. The number of aryl methyl sites for hydroxylation is 1. The van der Waals surface area contributed by atoms with Crippen LogP contribution in [0.3, 0.4) is 0 Å². The van der Waals surface area contributed by atoms with Crippen molar-refractivity contribution in [1.29, 1.82) is 0 Å². The Morgan fingerprint density at radius 2 is 1.68 bits per heavy atom. The Labute approximate surface area is 226 Å². The molecule has 0 spiro atoms. The number of likely N-dealkylation sites (N-methyl/N-ethyl adjacent to an activating group) is 1. The molecule has 1 heterocycles. The molecular weight excluding hydrogens is 504 g/mol. The van der Waals surface area contributed by atoms with E-state index in [1.165, 1.54) is 44.6 Å². The Balaban J connectivity index is 2.09. The zero-order valence-corrected chi connectivity index (χ0v) is 23.6.